The minimum atomic E-state index is -3.42. The van der Waals surface area contributed by atoms with Gasteiger partial charge in [-0.25, -0.2) is 8.42 Å². The van der Waals surface area contributed by atoms with E-state index in [1.807, 2.05) is 0 Å². The van der Waals surface area contributed by atoms with Crippen LogP contribution >= 0.6 is 0 Å². The second-order valence-electron chi connectivity index (χ2n) is 3.12. The second kappa shape index (κ2) is 3.18. The van der Waals surface area contributed by atoms with E-state index in [4.69, 9.17) is 0 Å². The molecule has 2 rings (SSSR count). The molecule has 0 spiro atoms. The van der Waals surface area contributed by atoms with Crippen molar-refractivity contribution in [1.82, 2.24) is 4.31 Å². The first-order chi connectivity index (χ1) is 6.60. The molecule has 0 bridgehead atoms. The number of sulfonamides is 1. The van der Waals surface area contributed by atoms with E-state index >= 15 is 0 Å². The van der Waals surface area contributed by atoms with Crippen LogP contribution in [0.5, 0.6) is 0 Å². The lowest BCUT2D eigenvalue weighted by Crippen LogP contribution is -2.50. The van der Waals surface area contributed by atoms with Crippen LogP contribution in [0.15, 0.2) is 35.2 Å². The monoisotopic (exact) mass is 211 g/mol. The summed E-state index contributed by atoms with van der Waals surface area (Å²) in [5.41, 5.74) is 0. The van der Waals surface area contributed by atoms with Crippen LogP contribution in [-0.2, 0) is 14.8 Å². The van der Waals surface area contributed by atoms with Gasteiger partial charge in [-0.3, -0.25) is 4.79 Å². The van der Waals surface area contributed by atoms with Crippen molar-refractivity contribution in [2.75, 3.05) is 13.1 Å². The van der Waals surface area contributed by atoms with Gasteiger partial charge in [0.15, 0.2) is 5.78 Å². The Balaban J connectivity index is 2.30. The normalized spacial score (nSPS) is 17.9. The lowest BCUT2D eigenvalue weighted by molar-refractivity contribution is -0.125. The zero-order valence-electron chi connectivity index (χ0n) is 7.38. The molecule has 4 nitrogen and oxygen atoms in total. The average Bonchev–Trinajstić information content (AvgIpc) is 2.14. The number of carbonyl (C=O) groups is 1. The summed E-state index contributed by atoms with van der Waals surface area (Å²) in [6, 6.07) is 8.12. The molecule has 74 valence electrons. The van der Waals surface area contributed by atoms with Gasteiger partial charge in [0.2, 0.25) is 10.0 Å². The van der Waals surface area contributed by atoms with Crippen LogP contribution in [0, 0.1) is 0 Å². The maximum absolute atomic E-state index is 11.7. The average molecular weight is 211 g/mol. The maximum atomic E-state index is 11.7. The lowest BCUT2D eigenvalue weighted by Gasteiger charge is -2.28. The molecular formula is C9H9NO3S. The topological polar surface area (TPSA) is 54.5 Å². The molecule has 1 saturated heterocycles. The Morgan fingerprint density at radius 2 is 1.64 bits per heavy atom. The molecule has 0 saturated carbocycles. The first-order valence-corrected chi connectivity index (χ1v) is 5.61. The summed E-state index contributed by atoms with van der Waals surface area (Å²) in [5.74, 6) is -0.0375. The van der Waals surface area contributed by atoms with Gasteiger partial charge in [0.25, 0.3) is 0 Å². The number of benzene rings is 1. The summed E-state index contributed by atoms with van der Waals surface area (Å²) in [6.45, 7) is 0.0223. The predicted octanol–water partition coefficient (Wildman–Crippen LogP) is 0.260. The quantitative estimate of drug-likeness (QED) is 0.705. The van der Waals surface area contributed by atoms with Crippen molar-refractivity contribution in [3.8, 4) is 0 Å². The van der Waals surface area contributed by atoms with Gasteiger partial charge in [-0.15, -0.1) is 0 Å². The van der Waals surface area contributed by atoms with Crippen molar-refractivity contribution in [2.24, 2.45) is 0 Å². The van der Waals surface area contributed by atoms with Gasteiger partial charge in [-0.05, 0) is 12.1 Å². The molecule has 0 radical (unpaired) electrons. The minimum absolute atomic E-state index is 0.0111. The summed E-state index contributed by atoms with van der Waals surface area (Å²) < 4.78 is 24.6. The Hall–Kier alpha value is -1.20. The van der Waals surface area contributed by atoms with Crippen LogP contribution in [0.3, 0.4) is 0 Å². The summed E-state index contributed by atoms with van der Waals surface area (Å²) >= 11 is 0. The fraction of sp³-hybridized carbons (Fsp3) is 0.222. The smallest absolute Gasteiger partial charge is 0.243 e. The molecule has 1 fully saturated rings. The van der Waals surface area contributed by atoms with Gasteiger partial charge in [-0.2, -0.15) is 4.31 Å². The minimum Gasteiger partial charge on any atom is -0.297 e. The number of hydrogen-bond donors (Lipinski definition) is 0. The van der Waals surface area contributed by atoms with Gasteiger partial charge < -0.3 is 0 Å². The molecule has 1 aromatic carbocycles. The molecule has 0 amide bonds. The highest BCUT2D eigenvalue weighted by atomic mass is 32.2. The van der Waals surface area contributed by atoms with Crippen LogP contribution in [-0.4, -0.2) is 31.6 Å². The van der Waals surface area contributed by atoms with Crippen molar-refractivity contribution in [2.45, 2.75) is 4.90 Å². The van der Waals surface area contributed by atoms with Crippen LogP contribution in [0.4, 0.5) is 0 Å². The van der Waals surface area contributed by atoms with Gasteiger partial charge >= 0.3 is 0 Å². The van der Waals surface area contributed by atoms with Gasteiger partial charge in [-0.1, -0.05) is 18.2 Å². The Bertz CT molecular complexity index is 444. The standard InChI is InChI=1S/C9H9NO3S/c11-8-6-10(7-8)14(12,13)9-4-2-1-3-5-9/h1-5H,6-7H2. The van der Waals surface area contributed by atoms with E-state index in [0.717, 1.165) is 0 Å². The number of carbonyl (C=O) groups excluding carboxylic acids is 1. The maximum Gasteiger partial charge on any atom is 0.243 e. The van der Waals surface area contributed by atoms with Gasteiger partial charge in [0, 0.05) is 0 Å². The van der Waals surface area contributed by atoms with E-state index in [0.29, 0.717) is 0 Å². The molecule has 5 heteroatoms. The fourth-order valence-electron chi connectivity index (χ4n) is 1.26. The van der Waals surface area contributed by atoms with E-state index in [-0.39, 0.29) is 23.8 Å². The van der Waals surface area contributed by atoms with E-state index < -0.39 is 10.0 Å². The third-order valence-electron chi connectivity index (χ3n) is 2.09. The third kappa shape index (κ3) is 1.44. The van der Waals surface area contributed by atoms with Crippen molar-refractivity contribution in [1.29, 1.82) is 0 Å². The molecule has 0 aliphatic carbocycles. The first kappa shape index (κ1) is 9.36. The molecule has 1 aromatic rings. The number of hydrogen-bond acceptors (Lipinski definition) is 3. The predicted molar refractivity (Wildman–Crippen MR) is 50.2 cm³/mol. The Morgan fingerprint density at radius 3 is 2.14 bits per heavy atom. The van der Waals surface area contributed by atoms with Crippen LogP contribution in [0.2, 0.25) is 0 Å². The lowest BCUT2D eigenvalue weighted by atomic mass is 10.3. The highest BCUT2D eigenvalue weighted by Gasteiger charge is 2.34. The molecule has 1 aliphatic rings. The van der Waals surface area contributed by atoms with Crippen molar-refractivity contribution >= 4 is 15.8 Å². The van der Waals surface area contributed by atoms with Crippen molar-refractivity contribution in [3.05, 3.63) is 30.3 Å². The molecule has 0 atom stereocenters. The molecular weight excluding hydrogens is 202 g/mol. The fourth-order valence-corrected chi connectivity index (χ4v) is 2.69. The van der Waals surface area contributed by atoms with E-state index in [1.165, 1.54) is 16.4 Å². The summed E-state index contributed by atoms with van der Waals surface area (Å²) in [7, 11) is -3.42. The van der Waals surface area contributed by atoms with Crippen LogP contribution in [0.1, 0.15) is 0 Å². The molecule has 14 heavy (non-hydrogen) atoms. The molecule has 0 N–H and O–H groups in total. The Kier molecular flexibility index (Phi) is 2.13. The molecule has 0 aromatic heterocycles. The van der Waals surface area contributed by atoms with Crippen LogP contribution in [0.25, 0.3) is 0 Å². The summed E-state index contributed by atoms with van der Waals surface area (Å²) in [4.78, 5) is 10.9. The second-order valence-corrected chi connectivity index (χ2v) is 5.06. The van der Waals surface area contributed by atoms with Crippen molar-refractivity contribution in [3.63, 3.8) is 0 Å². The highest BCUT2D eigenvalue weighted by Crippen LogP contribution is 2.18. The highest BCUT2D eigenvalue weighted by molar-refractivity contribution is 7.89. The van der Waals surface area contributed by atoms with Gasteiger partial charge in [0.05, 0.1) is 18.0 Å². The number of rotatable bonds is 2. The van der Waals surface area contributed by atoms with E-state index in [9.17, 15) is 13.2 Å². The number of Topliss-reactive ketones (excluding diaryl/α,β-unsaturated/α-hetero) is 1. The van der Waals surface area contributed by atoms with E-state index in [2.05, 4.69) is 0 Å². The number of ketones is 1. The SMILES string of the molecule is O=C1CN(S(=O)(=O)c2ccccc2)C1. The Morgan fingerprint density at radius 1 is 1.07 bits per heavy atom. The van der Waals surface area contributed by atoms with Gasteiger partial charge in [0.1, 0.15) is 0 Å². The molecule has 0 unspecified atom stereocenters. The zero-order chi connectivity index (χ0) is 10.2. The summed E-state index contributed by atoms with van der Waals surface area (Å²) in [5, 5.41) is 0. The third-order valence-corrected chi connectivity index (χ3v) is 3.89. The van der Waals surface area contributed by atoms with E-state index in [1.54, 1.807) is 18.2 Å². The van der Waals surface area contributed by atoms with Crippen LogP contribution < -0.4 is 0 Å². The summed E-state index contributed by atoms with van der Waals surface area (Å²) in [6.07, 6.45) is 0. The zero-order valence-corrected chi connectivity index (χ0v) is 8.20. The Labute approximate surface area is 82.2 Å². The largest absolute Gasteiger partial charge is 0.297 e. The molecule has 1 aliphatic heterocycles. The number of nitrogens with zero attached hydrogens (tertiary/aromatic N) is 1. The van der Waals surface area contributed by atoms with Crippen molar-refractivity contribution < 1.29 is 13.2 Å². The first-order valence-electron chi connectivity index (χ1n) is 4.17. The molecule has 1 heterocycles.